The zero-order valence-electron chi connectivity index (χ0n) is 21.0. The fraction of sp³-hybridized carbons (Fsp3) is 0.308. The fourth-order valence-electron chi connectivity index (χ4n) is 3.91. The molecular weight excluding hydrogens is 462 g/mol. The number of nitrogens with zero attached hydrogens (tertiary/aromatic N) is 5. The third-order valence-corrected chi connectivity index (χ3v) is 5.56. The van der Waals surface area contributed by atoms with Crippen LogP contribution in [0.1, 0.15) is 6.92 Å². The predicted molar refractivity (Wildman–Crippen MR) is 136 cm³/mol. The molecule has 0 aliphatic heterocycles. The Morgan fingerprint density at radius 2 is 1.78 bits per heavy atom. The molecule has 0 N–H and O–H groups in total. The van der Waals surface area contributed by atoms with E-state index in [1.54, 1.807) is 44.5 Å². The molecule has 1 atom stereocenters. The molecule has 0 radical (unpaired) electrons. The monoisotopic (exact) mass is 491 g/mol. The molecule has 2 heterocycles. The van der Waals surface area contributed by atoms with E-state index in [1.807, 2.05) is 48.5 Å². The van der Waals surface area contributed by atoms with Crippen LogP contribution in [0.5, 0.6) is 11.5 Å². The van der Waals surface area contributed by atoms with Gasteiger partial charge in [0, 0.05) is 68.4 Å². The van der Waals surface area contributed by atoms with Gasteiger partial charge in [0.05, 0.1) is 44.6 Å². The van der Waals surface area contributed by atoms with Gasteiger partial charge in [-0.25, -0.2) is 9.97 Å². The summed E-state index contributed by atoms with van der Waals surface area (Å²) in [6, 6.07) is 11.5. The van der Waals surface area contributed by atoms with Crippen LogP contribution in [0.25, 0.3) is 22.3 Å². The summed E-state index contributed by atoms with van der Waals surface area (Å²) >= 11 is 0. The molecule has 10 nitrogen and oxygen atoms in total. The molecule has 2 aromatic carbocycles. The maximum Gasteiger partial charge on any atom is 0.303 e. The molecule has 0 aliphatic carbocycles. The number of aryl methyl sites for hydroxylation is 1. The molecular formula is C26H29N5O5. The Labute approximate surface area is 209 Å². The smallest absolute Gasteiger partial charge is 0.303 e. The molecule has 2 aromatic heterocycles. The number of methoxy groups -OCH3 is 3. The first-order valence-corrected chi connectivity index (χ1v) is 11.3. The van der Waals surface area contributed by atoms with Gasteiger partial charge in [-0.3, -0.25) is 9.48 Å². The molecule has 0 saturated carbocycles. The highest BCUT2D eigenvalue weighted by Gasteiger charge is 2.21. The number of esters is 1. The number of hydrogen-bond acceptors (Lipinski definition) is 9. The van der Waals surface area contributed by atoms with Crippen LogP contribution in [0.15, 0.2) is 55.0 Å². The second-order valence-electron chi connectivity index (χ2n) is 8.21. The Morgan fingerprint density at radius 1 is 1.03 bits per heavy atom. The molecule has 0 unspecified atom stereocenters. The van der Waals surface area contributed by atoms with Gasteiger partial charge in [0.1, 0.15) is 17.6 Å². The molecule has 0 bridgehead atoms. The van der Waals surface area contributed by atoms with E-state index in [0.717, 1.165) is 27.8 Å². The third-order valence-electron chi connectivity index (χ3n) is 5.56. The van der Waals surface area contributed by atoms with E-state index in [1.165, 1.54) is 6.92 Å². The first kappa shape index (κ1) is 24.9. The Hall–Kier alpha value is -4.18. The van der Waals surface area contributed by atoms with Crippen LogP contribution >= 0.6 is 0 Å². The highest BCUT2D eigenvalue weighted by molar-refractivity contribution is 5.84. The highest BCUT2D eigenvalue weighted by Crippen LogP contribution is 2.34. The number of hydrogen-bond donors (Lipinski definition) is 0. The highest BCUT2D eigenvalue weighted by atomic mass is 16.6. The zero-order chi connectivity index (χ0) is 25.7. The summed E-state index contributed by atoms with van der Waals surface area (Å²) in [6.07, 6.45) is 4.87. The van der Waals surface area contributed by atoms with Crippen molar-refractivity contribution in [3.05, 3.63) is 55.0 Å². The van der Waals surface area contributed by atoms with Gasteiger partial charge in [-0.2, -0.15) is 5.10 Å². The van der Waals surface area contributed by atoms with Gasteiger partial charge in [-0.1, -0.05) is 0 Å². The Morgan fingerprint density at radius 3 is 2.39 bits per heavy atom. The maximum atomic E-state index is 11.8. The molecule has 0 fully saturated rings. The molecule has 188 valence electrons. The average Bonchev–Trinajstić information content (AvgIpc) is 3.32. The van der Waals surface area contributed by atoms with Crippen molar-refractivity contribution in [3.63, 3.8) is 0 Å². The molecule has 0 amide bonds. The van der Waals surface area contributed by atoms with Gasteiger partial charge < -0.3 is 23.8 Å². The standard InChI is InChI=1S/C26H29N5O5/c1-17(32)36-24(16-33-3)15-31(21-8-22(34-4)11-23(9-21)35-5)20-7-6-18-12-27-26(29-25(18)10-20)19-13-28-30(2)14-19/h6-14,24H,15-16H2,1-5H3/t24-/m1/s1. The fourth-order valence-corrected chi connectivity index (χ4v) is 3.91. The number of carbonyl (C=O) groups excluding carboxylic acids is 1. The summed E-state index contributed by atoms with van der Waals surface area (Å²) in [6.45, 7) is 1.95. The summed E-state index contributed by atoms with van der Waals surface area (Å²) in [5.41, 5.74) is 3.22. The van der Waals surface area contributed by atoms with Crippen LogP contribution in [0, 0.1) is 0 Å². The number of aromatic nitrogens is 4. The zero-order valence-corrected chi connectivity index (χ0v) is 21.0. The number of carbonyl (C=O) groups is 1. The van der Waals surface area contributed by atoms with Crippen LogP contribution in [-0.2, 0) is 21.3 Å². The third kappa shape index (κ3) is 5.72. The van der Waals surface area contributed by atoms with Crippen molar-refractivity contribution in [2.75, 3.05) is 39.4 Å². The van der Waals surface area contributed by atoms with Gasteiger partial charge in [-0.15, -0.1) is 0 Å². The van der Waals surface area contributed by atoms with E-state index < -0.39 is 6.10 Å². The van der Waals surface area contributed by atoms with E-state index in [0.29, 0.717) is 23.9 Å². The summed E-state index contributed by atoms with van der Waals surface area (Å²) in [4.78, 5) is 23.1. The van der Waals surface area contributed by atoms with Crippen LogP contribution in [0.2, 0.25) is 0 Å². The lowest BCUT2D eigenvalue weighted by molar-refractivity contribution is -0.148. The van der Waals surface area contributed by atoms with Crippen molar-refractivity contribution >= 4 is 28.2 Å². The average molecular weight is 492 g/mol. The van der Waals surface area contributed by atoms with Crippen molar-refractivity contribution in [1.29, 1.82) is 0 Å². The van der Waals surface area contributed by atoms with E-state index in [4.69, 9.17) is 23.9 Å². The summed E-state index contributed by atoms with van der Waals surface area (Å²) < 4.78 is 23.6. The van der Waals surface area contributed by atoms with Gasteiger partial charge in [-0.05, 0) is 18.2 Å². The largest absolute Gasteiger partial charge is 0.497 e. The molecule has 4 aromatic rings. The Bertz CT molecular complexity index is 1330. The minimum Gasteiger partial charge on any atom is -0.497 e. The van der Waals surface area contributed by atoms with Crippen LogP contribution in [0.3, 0.4) is 0 Å². The second kappa shape index (κ2) is 11.0. The Kier molecular flexibility index (Phi) is 7.65. The Balaban J connectivity index is 1.81. The van der Waals surface area contributed by atoms with Crippen LogP contribution in [-0.4, -0.2) is 66.3 Å². The molecule has 0 spiro atoms. The summed E-state index contributed by atoms with van der Waals surface area (Å²) in [5.74, 6) is 1.46. The molecule has 0 aliphatic rings. The van der Waals surface area contributed by atoms with Gasteiger partial charge in [0.15, 0.2) is 5.82 Å². The number of anilines is 2. The minimum atomic E-state index is -0.517. The lowest BCUT2D eigenvalue weighted by Crippen LogP contribution is -2.35. The predicted octanol–water partition coefficient (Wildman–Crippen LogP) is 3.76. The number of benzene rings is 2. The van der Waals surface area contributed by atoms with E-state index in [9.17, 15) is 4.79 Å². The van der Waals surface area contributed by atoms with Crippen molar-refractivity contribution in [1.82, 2.24) is 19.7 Å². The molecule has 4 rings (SSSR count). The first-order chi connectivity index (χ1) is 17.4. The number of rotatable bonds is 10. The molecule has 36 heavy (non-hydrogen) atoms. The van der Waals surface area contributed by atoms with Crippen molar-refractivity contribution in [3.8, 4) is 22.9 Å². The SMILES string of the molecule is COC[C@@H](CN(c1cc(OC)cc(OC)c1)c1ccc2cnc(-c3cnn(C)c3)nc2c1)OC(C)=O. The maximum absolute atomic E-state index is 11.8. The minimum absolute atomic E-state index is 0.234. The first-order valence-electron chi connectivity index (χ1n) is 11.3. The van der Waals surface area contributed by atoms with Crippen molar-refractivity contribution in [2.24, 2.45) is 7.05 Å². The number of ether oxygens (including phenoxy) is 4. The normalized spacial score (nSPS) is 11.8. The lowest BCUT2D eigenvalue weighted by atomic mass is 10.1. The van der Waals surface area contributed by atoms with Crippen LogP contribution < -0.4 is 14.4 Å². The topological polar surface area (TPSA) is 101 Å². The van der Waals surface area contributed by atoms with E-state index >= 15 is 0 Å². The molecule has 10 heteroatoms. The van der Waals surface area contributed by atoms with Crippen molar-refractivity contribution < 1.29 is 23.7 Å². The van der Waals surface area contributed by atoms with Crippen molar-refractivity contribution in [2.45, 2.75) is 13.0 Å². The molecule has 0 saturated heterocycles. The van der Waals surface area contributed by atoms with Gasteiger partial charge in [0.25, 0.3) is 0 Å². The quantitative estimate of drug-likeness (QED) is 0.307. The van der Waals surface area contributed by atoms with E-state index in [2.05, 4.69) is 10.1 Å². The number of fused-ring (bicyclic) bond motifs is 1. The summed E-state index contributed by atoms with van der Waals surface area (Å²) in [5, 5.41) is 5.11. The summed E-state index contributed by atoms with van der Waals surface area (Å²) in [7, 11) is 6.62. The van der Waals surface area contributed by atoms with Crippen LogP contribution in [0.4, 0.5) is 11.4 Å². The van der Waals surface area contributed by atoms with Gasteiger partial charge >= 0.3 is 5.97 Å². The van der Waals surface area contributed by atoms with E-state index in [-0.39, 0.29) is 12.6 Å². The van der Waals surface area contributed by atoms with Gasteiger partial charge in [0.2, 0.25) is 0 Å². The second-order valence-corrected chi connectivity index (χ2v) is 8.21. The lowest BCUT2D eigenvalue weighted by Gasteiger charge is -2.29.